The fourth-order valence-electron chi connectivity index (χ4n) is 0.647. The van der Waals surface area contributed by atoms with E-state index in [-0.39, 0.29) is 12.0 Å². The minimum atomic E-state index is -1.22. The van der Waals surface area contributed by atoms with Gasteiger partial charge in [0, 0.05) is 17.0 Å². The minimum absolute atomic E-state index is 0.0676. The molecule has 0 spiro atoms. The maximum Gasteiger partial charge on any atom is 0.331 e. The molecular formula is C7H9BrO4. The standard InChI is InChI=1S/C7H9BrO4/c8-3-1-2-5(7(11)12)4-6(9)10/h4H,1-3H2,(H,9,10)(H,11,12). The molecular weight excluding hydrogens is 228 g/mol. The molecule has 0 unspecified atom stereocenters. The second-order valence-electron chi connectivity index (χ2n) is 2.11. The van der Waals surface area contributed by atoms with Gasteiger partial charge in [-0.2, -0.15) is 0 Å². The Balaban J connectivity index is 4.23. The summed E-state index contributed by atoms with van der Waals surface area (Å²) in [5.74, 6) is -2.39. The van der Waals surface area contributed by atoms with Crippen LogP contribution in [0.25, 0.3) is 0 Å². The molecule has 0 aliphatic carbocycles. The van der Waals surface area contributed by atoms with Gasteiger partial charge in [-0.3, -0.25) is 0 Å². The molecule has 2 N–H and O–H groups in total. The van der Waals surface area contributed by atoms with E-state index in [1.807, 2.05) is 0 Å². The molecule has 0 heterocycles. The molecule has 0 saturated heterocycles. The van der Waals surface area contributed by atoms with E-state index in [4.69, 9.17) is 10.2 Å². The number of hydrogen-bond donors (Lipinski definition) is 2. The highest BCUT2D eigenvalue weighted by atomic mass is 79.9. The summed E-state index contributed by atoms with van der Waals surface area (Å²) in [6.45, 7) is 0. The van der Waals surface area contributed by atoms with Crippen molar-refractivity contribution >= 4 is 27.9 Å². The van der Waals surface area contributed by atoms with E-state index in [1.165, 1.54) is 0 Å². The number of hydrogen-bond acceptors (Lipinski definition) is 2. The lowest BCUT2D eigenvalue weighted by atomic mass is 10.1. The SMILES string of the molecule is O=C(O)C=C(CCCBr)C(=O)O. The molecule has 0 saturated carbocycles. The highest BCUT2D eigenvalue weighted by Crippen LogP contribution is 2.06. The van der Waals surface area contributed by atoms with Gasteiger partial charge in [0.2, 0.25) is 0 Å². The zero-order valence-corrected chi connectivity index (χ0v) is 7.87. The van der Waals surface area contributed by atoms with Crippen LogP contribution in [0.1, 0.15) is 12.8 Å². The zero-order valence-electron chi connectivity index (χ0n) is 6.29. The molecule has 0 radical (unpaired) electrons. The van der Waals surface area contributed by atoms with Gasteiger partial charge in [-0.15, -0.1) is 0 Å². The molecule has 0 aromatic carbocycles. The van der Waals surface area contributed by atoms with Crippen LogP contribution in [0.3, 0.4) is 0 Å². The van der Waals surface area contributed by atoms with Crippen molar-refractivity contribution in [3.05, 3.63) is 11.6 Å². The number of aliphatic carboxylic acids is 2. The smallest absolute Gasteiger partial charge is 0.331 e. The average Bonchev–Trinajstić information content (AvgIpc) is 1.96. The molecule has 0 aliphatic rings. The van der Waals surface area contributed by atoms with Crippen LogP contribution in [0.15, 0.2) is 11.6 Å². The summed E-state index contributed by atoms with van der Waals surface area (Å²) >= 11 is 3.13. The van der Waals surface area contributed by atoms with E-state index in [0.29, 0.717) is 11.8 Å². The van der Waals surface area contributed by atoms with Gasteiger partial charge in [0.1, 0.15) is 0 Å². The first-order valence-corrected chi connectivity index (χ1v) is 4.43. The summed E-state index contributed by atoms with van der Waals surface area (Å²) in [5.41, 5.74) is -0.0676. The summed E-state index contributed by atoms with van der Waals surface area (Å²) in [5, 5.41) is 17.4. The van der Waals surface area contributed by atoms with Crippen molar-refractivity contribution < 1.29 is 19.8 Å². The average molecular weight is 237 g/mol. The fraction of sp³-hybridized carbons (Fsp3) is 0.429. The van der Waals surface area contributed by atoms with E-state index >= 15 is 0 Å². The summed E-state index contributed by atoms with van der Waals surface area (Å²) in [4.78, 5) is 20.5. The predicted molar refractivity (Wildman–Crippen MR) is 46.4 cm³/mol. The Labute approximate surface area is 78.0 Å². The number of alkyl halides is 1. The molecule has 0 aromatic heterocycles. The Hall–Kier alpha value is -0.840. The van der Waals surface area contributed by atoms with Crippen LogP contribution in [0.5, 0.6) is 0 Å². The highest BCUT2D eigenvalue weighted by Gasteiger charge is 2.08. The van der Waals surface area contributed by atoms with Gasteiger partial charge >= 0.3 is 11.9 Å². The second-order valence-corrected chi connectivity index (χ2v) is 2.90. The molecule has 0 atom stereocenters. The Morgan fingerprint density at radius 1 is 1.33 bits per heavy atom. The van der Waals surface area contributed by atoms with Crippen LogP contribution in [0.2, 0.25) is 0 Å². The van der Waals surface area contributed by atoms with Crippen molar-refractivity contribution in [1.82, 2.24) is 0 Å². The molecule has 0 aliphatic heterocycles. The molecule has 68 valence electrons. The van der Waals surface area contributed by atoms with Crippen molar-refractivity contribution in [2.45, 2.75) is 12.8 Å². The van der Waals surface area contributed by atoms with Gasteiger partial charge in [-0.05, 0) is 12.8 Å². The van der Waals surface area contributed by atoms with E-state index in [1.54, 1.807) is 0 Å². The van der Waals surface area contributed by atoms with Crippen molar-refractivity contribution in [2.24, 2.45) is 0 Å². The van der Waals surface area contributed by atoms with Gasteiger partial charge in [-0.25, -0.2) is 9.59 Å². The summed E-state index contributed by atoms with van der Waals surface area (Å²) in [7, 11) is 0. The second kappa shape index (κ2) is 5.77. The van der Waals surface area contributed by atoms with Crippen molar-refractivity contribution in [3.8, 4) is 0 Å². The molecule has 0 amide bonds. The van der Waals surface area contributed by atoms with Crippen LogP contribution in [-0.4, -0.2) is 27.5 Å². The molecule has 5 heteroatoms. The van der Waals surface area contributed by atoms with Crippen LogP contribution in [0, 0.1) is 0 Å². The first-order valence-electron chi connectivity index (χ1n) is 3.30. The monoisotopic (exact) mass is 236 g/mol. The summed E-state index contributed by atoms with van der Waals surface area (Å²) in [6.07, 6.45) is 1.61. The predicted octanol–water partition coefficient (Wildman–Crippen LogP) is 1.26. The quantitative estimate of drug-likeness (QED) is 0.557. The van der Waals surface area contributed by atoms with Crippen LogP contribution < -0.4 is 0 Å². The van der Waals surface area contributed by atoms with E-state index < -0.39 is 11.9 Å². The Bertz CT molecular complexity index is 209. The lowest BCUT2D eigenvalue weighted by Crippen LogP contribution is -2.04. The van der Waals surface area contributed by atoms with Gasteiger partial charge < -0.3 is 10.2 Å². The van der Waals surface area contributed by atoms with Crippen LogP contribution in [0.4, 0.5) is 0 Å². The molecule has 4 nitrogen and oxygen atoms in total. The first-order chi connectivity index (χ1) is 5.57. The van der Waals surface area contributed by atoms with Crippen LogP contribution in [-0.2, 0) is 9.59 Å². The maximum atomic E-state index is 10.4. The van der Waals surface area contributed by atoms with Crippen LogP contribution >= 0.6 is 15.9 Å². The van der Waals surface area contributed by atoms with E-state index in [2.05, 4.69) is 15.9 Å². The third-order valence-corrected chi connectivity index (χ3v) is 1.71. The fourth-order valence-corrected chi connectivity index (χ4v) is 0.928. The Kier molecular flexibility index (Phi) is 5.36. The third-order valence-electron chi connectivity index (χ3n) is 1.15. The van der Waals surface area contributed by atoms with Gasteiger partial charge in [0.25, 0.3) is 0 Å². The van der Waals surface area contributed by atoms with Crippen molar-refractivity contribution in [3.63, 3.8) is 0 Å². The molecule has 0 bridgehead atoms. The summed E-state index contributed by atoms with van der Waals surface area (Å²) < 4.78 is 0. The number of rotatable bonds is 5. The molecule has 0 rings (SSSR count). The lowest BCUT2D eigenvalue weighted by molar-refractivity contribution is -0.135. The maximum absolute atomic E-state index is 10.4. The zero-order chi connectivity index (χ0) is 9.56. The molecule has 12 heavy (non-hydrogen) atoms. The first kappa shape index (κ1) is 11.2. The third kappa shape index (κ3) is 4.90. The topological polar surface area (TPSA) is 74.6 Å². The minimum Gasteiger partial charge on any atom is -0.478 e. The number of halogens is 1. The van der Waals surface area contributed by atoms with Gasteiger partial charge in [0.05, 0.1) is 0 Å². The van der Waals surface area contributed by atoms with Crippen molar-refractivity contribution in [2.75, 3.05) is 5.33 Å². The van der Waals surface area contributed by atoms with E-state index in [9.17, 15) is 9.59 Å². The van der Waals surface area contributed by atoms with E-state index in [0.717, 1.165) is 6.08 Å². The molecule has 0 aromatic rings. The number of carboxylic acids is 2. The Morgan fingerprint density at radius 3 is 2.25 bits per heavy atom. The molecule has 0 fully saturated rings. The van der Waals surface area contributed by atoms with Gasteiger partial charge in [0.15, 0.2) is 0 Å². The van der Waals surface area contributed by atoms with Gasteiger partial charge in [-0.1, -0.05) is 15.9 Å². The van der Waals surface area contributed by atoms with Crippen molar-refractivity contribution in [1.29, 1.82) is 0 Å². The normalized spacial score (nSPS) is 11.2. The number of carboxylic acid groups (broad SMARTS) is 2. The largest absolute Gasteiger partial charge is 0.478 e. The highest BCUT2D eigenvalue weighted by molar-refractivity contribution is 9.09. The lowest BCUT2D eigenvalue weighted by Gasteiger charge is -1.97. The summed E-state index contributed by atoms with van der Waals surface area (Å²) in [6, 6.07) is 0. The Morgan fingerprint density at radius 2 is 1.92 bits per heavy atom. The number of carbonyl (C=O) groups is 2.